The van der Waals surface area contributed by atoms with Crippen LogP contribution in [0.2, 0.25) is 0 Å². The van der Waals surface area contributed by atoms with E-state index in [1.807, 2.05) is 0 Å². The van der Waals surface area contributed by atoms with E-state index in [9.17, 15) is 4.79 Å². The average molecular weight is 195 g/mol. The molecule has 0 atom stereocenters. The lowest BCUT2D eigenvalue weighted by atomic mass is 9.95. The Morgan fingerprint density at radius 1 is 1.50 bits per heavy atom. The Morgan fingerprint density at radius 3 is 2.64 bits per heavy atom. The Morgan fingerprint density at radius 2 is 2.14 bits per heavy atom. The van der Waals surface area contributed by atoms with Crippen LogP contribution in [0.5, 0.6) is 0 Å². The van der Waals surface area contributed by atoms with E-state index < -0.39 is 0 Å². The maximum absolute atomic E-state index is 11.4. The predicted molar refractivity (Wildman–Crippen MR) is 54.5 cm³/mol. The normalized spacial score (nSPS) is 17.1. The van der Waals surface area contributed by atoms with Gasteiger partial charge in [0.15, 0.2) is 0 Å². The minimum absolute atomic E-state index is 0.297. The van der Waals surface area contributed by atoms with Crippen molar-refractivity contribution >= 4 is 6.09 Å². The summed E-state index contributed by atoms with van der Waals surface area (Å²) in [6.07, 6.45) is 5.41. The Kier molecular flexibility index (Phi) is 4.31. The van der Waals surface area contributed by atoms with Crippen LogP contribution in [0.25, 0.3) is 0 Å². The van der Waals surface area contributed by atoms with E-state index in [0.29, 0.717) is 0 Å². The molecule has 3 heteroatoms. The van der Waals surface area contributed by atoms with Crippen molar-refractivity contribution in [2.45, 2.75) is 33.1 Å². The van der Waals surface area contributed by atoms with Crippen molar-refractivity contribution in [3.63, 3.8) is 0 Å². The van der Waals surface area contributed by atoms with E-state index in [-0.39, 0.29) is 6.09 Å². The molecule has 0 N–H and O–H groups in total. The largest absolute Gasteiger partial charge is 0.423 e. The molecular weight excluding hydrogens is 178 g/mol. The van der Waals surface area contributed by atoms with Crippen LogP contribution in [-0.2, 0) is 4.74 Å². The van der Waals surface area contributed by atoms with Gasteiger partial charge in [-0.3, -0.25) is 0 Å². The highest BCUT2D eigenvalue weighted by Gasteiger charge is 2.22. The fourth-order valence-corrected chi connectivity index (χ4v) is 1.68. The fraction of sp³-hybridized carbons (Fsp3) is 0.727. The van der Waals surface area contributed by atoms with Gasteiger partial charge in [0.2, 0.25) is 0 Å². The topological polar surface area (TPSA) is 29.5 Å². The number of carbonyl (C=O) groups is 1. The van der Waals surface area contributed by atoms with Gasteiger partial charge in [-0.1, -0.05) is 19.3 Å². The van der Waals surface area contributed by atoms with Crippen molar-refractivity contribution in [3.8, 4) is 12.0 Å². The van der Waals surface area contributed by atoms with Crippen molar-refractivity contribution in [3.05, 3.63) is 0 Å². The van der Waals surface area contributed by atoms with E-state index in [1.54, 1.807) is 11.8 Å². The molecular formula is C11H17NO2. The summed E-state index contributed by atoms with van der Waals surface area (Å²) in [5.41, 5.74) is 0. The van der Waals surface area contributed by atoms with Crippen LogP contribution in [0, 0.1) is 17.9 Å². The van der Waals surface area contributed by atoms with Crippen LogP contribution >= 0.6 is 0 Å². The zero-order valence-electron chi connectivity index (χ0n) is 8.88. The molecule has 1 fully saturated rings. The number of piperidine rings is 1. The maximum Gasteiger partial charge on any atom is 0.423 e. The minimum atomic E-state index is -0.297. The second-order valence-corrected chi connectivity index (χ2v) is 3.56. The van der Waals surface area contributed by atoms with E-state index in [0.717, 1.165) is 31.8 Å². The number of amides is 1. The van der Waals surface area contributed by atoms with Crippen LogP contribution in [0.3, 0.4) is 0 Å². The van der Waals surface area contributed by atoms with Gasteiger partial charge in [0.25, 0.3) is 0 Å². The zero-order valence-corrected chi connectivity index (χ0v) is 8.88. The molecule has 0 aromatic heterocycles. The summed E-state index contributed by atoms with van der Waals surface area (Å²) in [5.74, 6) is 3.31. The van der Waals surface area contributed by atoms with Crippen LogP contribution in [0.1, 0.15) is 33.1 Å². The second-order valence-electron chi connectivity index (χ2n) is 3.56. The highest BCUT2D eigenvalue weighted by Crippen LogP contribution is 2.20. The molecule has 14 heavy (non-hydrogen) atoms. The van der Waals surface area contributed by atoms with Gasteiger partial charge in [0.1, 0.15) is 6.11 Å². The first-order valence-corrected chi connectivity index (χ1v) is 5.15. The molecule has 1 aliphatic heterocycles. The highest BCUT2D eigenvalue weighted by atomic mass is 16.5. The number of likely N-dealkylation sites (tertiary alicyclic amines) is 1. The third kappa shape index (κ3) is 2.95. The molecule has 78 valence electrons. The van der Waals surface area contributed by atoms with Gasteiger partial charge in [0.05, 0.1) is 0 Å². The molecule has 1 saturated heterocycles. The van der Waals surface area contributed by atoms with Gasteiger partial charge < -0.3 is 9.64 Å². The summed E-state index contributed by atoms with van der Waals surface area (Å²) in [7, 11) is 0. The second kappa shape index (κ2) is 5.54. The number of ether oxygens (including phenoxy) is 1. The van der Waals surface area contributed by atoms with Crippen LogP contribution in [-0.4, -0.2) is 24.1 Å². The molecule has 0 bridgehead atoms. The molecule has 1 heterocycles. The Balaban J connectivity index is 2.32. The summed E-state index contributed by atoms with van der Waals surface area (Å²) in [5, 5.41) is 0. The molecule has 0 unspecified atom stereocenters. The maximum atomic E-state index is 11.4. The van der Waals surface area contributed by atoms with Crippen molar-refractivity contribution < 1.29 is 9.53 Å². The zero-order chi connectivity index (χ0) is 10.4. The standard InChI is InChI=1S/C11H17NO2/c1-3-9-14-11(13)12-7-5-10(4-2)6-8-12/h10H,4-8H2,1-2H3. The van der Waals surface area contributed by atoms with E-state index in [4.69, 9.17) is 4.74 Å². The lowest BCUT2D eigenvalue weighted by Crippen LogP contribution is -2.38. The lowest BCUT2D eigenvalue weighted by Gasteiger charge is -2.29. The third-order valence-electron chi connectivity index (χ3n) is 2.69. The molecule has 0 aliphatic carbocycles. The quantitative estimate of drug-likeness (QED) is 0.600. The van der Waals surface area contributed by atoms with Crippen LogP contribution in [0.15, 0.2) is 0 Å². The molecule has 3 nitrogen and oxygen atoms in total. The van der Waals surface area contributed by atoms with Gasteiger partial charge in [-0.05, 0) is 18.8 Å². The summed E-state index contributed by atoms with van der Waals surface area (Å²) in [6.45, 7) is 5.46. The smallest absolute Gasteiger partial charge is 0.356 e. The molecule has 1 aliphatic rings. The highest BCUT2D eigenvalue weighted by molar-refractivity contribution is 5.68. The first kappa shape index (κ1) is 10.9. The van der Waals surface area contributed by atoms with E-state index in [1.165, 1.54) is 6.42 Å². The summed E-state index contributed by atoms with van der Waals surface area (Å²) in [4.78, 5) is 13.1. The third-order valence-corrected chi connectivity index (χ3v) is 2.69. The number of rotatable bonds is 1. The molecule has 0 spiro atoms. The number of hydrogen-bond acceptors (Lipinski definition) is 2. The monoisotopic (exact) mass is 195 g/mol. The van der Waals surface area contributed by atoms with Crippen molar-refractivity contribution in [1.29, 1.82) is 0 Å². The SMILES string of the molecule is CC#COC(=O)N1CCC(CC)CC1. The summed E-state index contributed by atoms with van der Waals surface area (Å²) < 4.78 is 4.73. The summed E-state index contributed by atoms with van der Waals surface area (Å²) in [6, 6.07) is 0. The number of nitrogens with zero attached hydrogens (tertiary/aromatic N) is 1. The van der Waals surface area contributed by atoms with Gasteiger partial charge in [0, 0.05) is 20.0 Å². The Bertz CT molecular complexity index is 244. The molecule has 1 rings (SSSR count). The number of hydrogen-bond donors (Lipinski definition) is 0. The first-order valence-electron chi connectivity index (χ1n) is 5.15. The molecule has 0 aromatic rings. The average Bonchev–Trinajstić information content (AvgIpc) is 2.26. The van der Waals surface area contributed by atoms with Crippen molar-refractivity contribution in [2.75, 3.05) is 13.1 Å². The molecule has 0 radical (unpaired) electrons. The molecule has 0 saturated carbocycles. The van der Waals surface area contributed by atoms with Crippen molar-refractivity contribution in [2.24, 2.45) is 5.92 Å². The van der Waals surface area contributed by atoms with Gasteiger partial charge >= 0.3 is 6.09 Å². The Labute approximate surface area is 85.4 Å². The minimum Gasteiger partial charge on any atom is -0.356 e. The van der Waals surface area contributed by atoms with Crippen LogP contribution in [0.4, 0.5) is 4.79 Å². The van der Waals surface area contributed by atoms with Crippen molar-refractivity contribution in [1.82, 2.24) is 4.90 Å². The molecule has 0 aromatic carbocycles. The van der Waals surface area contributed by atoms with E-state index in [2.05, 4.69) is 19.0 Å². The first-order chi connectivity index (χ1) is 6.77. The van der Waals surface area contributed by atoms with E-state index >= 15 is 0 Å². The molecule has 1 amide bonds. The predicted octanol–water partition coefficient (Wildman–Crippen LogP) is 2.23. The summed E-state index contributed by atoms with van der Waals surface area (Å²) >= 11 is 0. The fourth-order valence-electron chi connectivity index (χ4n) is 1.68. The van der Waals surface area contributed by atoms with Gasteiger partial charge in [-0.25, -0.2) is 4.79 Å². The van der Waals surface area contributed by atoms with Crippen LogP contribution < -0.4 is 0 Å². The van der Waals surface area contributed by atoms with Gasteiger partial charge in [-0.2, -0.15) is 0 Å². The Hall–Kier alpha value is -1.17. The number of carbonyl (C=O) groups excluding carboxylic acids is 1. The van der Waals surface area contributed by atoms with Gasteiger partial charge in [-0.15, -0.1) is 0 Å². The lowest BCUT2D eigenvalue weighted by molar-refractivity contribution is 0.122.